The topological polar surface area (TPSA) is 43.1 Å². The van der Waals surface area contributed by atoms with Crippen LogP contribution in [0, 0.1) is 17.0 Å². The van der Waals surface area contributed by atoms with Crippen molar-refractivity contribution in [2.24, 2.45) is 0 Å². The van der Waals surface area contributed by atoms with E-state index >= 15 is 0 Å². The van der Waals surface area contributed by atoms with Crippen LogP contribution in [0.4, 0.5) is 0 Å². The lowest BCUT2D eigenvalue weighted by atomic mass is 10.3. The number of hydrogen-bond donors (Lipinski definition) is 0. The lowest BCUT2D eigenvalue weighted by molar-refractivity contribution is -0.479. The van der Waals surface area contributed by atoms with Crippen LogP contribution in [0.5, 0.6) is 0 Å². The molecule has 5 heteroatoms. The molecule has 1 aromatic rings. The van der Waals surface area contributed by atoms with Crippen LogP contribution in [0.2, 0.25) is 0 Å². The summed E-state index contributed by atoms with van der Waals surface area (Å²) in [4.78, 5) is 12.0. The second-order valence-corrected chi connectivity index (χ2v) is 4.62. The van der Waals surface area contributed by atoms with E-state index in [9.17, 15) is 10.1 Å². The Morgan fingerprint density at radius 1 is 1.75 bits per heavy atom. The highest BCUT2D eigenvalue weighted by Gasteiger charge is 2.05. The molecule has 3 nitrogen and oxygen atoms in total. The van der Waals surface area contributed by atoms with Gasteiger partial charge < -0.3 is 0 Å². The van der Waals surface area contributed by atoms with Gasteiger partial charge in [0.15, 0.2) is 0 Å². The lowest BCUT2D eigenvalue weighted by Gasteiger charge is -1.88. The molecular formula is C7H8BrNO2S. The van der Waals surface area contributed by atoms with E-state index in [1.165, 1.54) is 4.88 Å². The number of nitrogens with zero attached hydrogens (tertiary/aromatic N) is 1. The number of hydrogen-bond acceptors (Lipinski definition) is 3. The van der Waals surface area contributed by atoms with Crippen LogP contribution in [0.1, 0.15) is 9.75 Å². The van der Waals surface area contributed by atoms with Crippen LogP contribution < -0.4 is 0 Å². The highest BCUT2D eigenvalue weighted by atomic mass is 79.9. The molecule has 0 spiro atoms. The van der Waals surface area contributed by atoms with Gasteiger partial charge in [-0.1, -0.05) is 0 Å². The molecule has 0 N–H and O–H groups in total. The molecule has 1 rings (SSSR count). The summed E-state index contributed by atoms with van der Waals surface area (Å²) in [7, 11) is 0. The molecule has 0 aliphatic rings. The molecule has 0 bridgehead atoms. The Morgan fingerprint density at radius 2 is 2.42 bits per heavy atom. The van der Waals surface area contributed by atoms with E-state index in [1.54, 1.807) is 11.3 Å². The molecule has 1 aromatic heterocycles. The van der Waals surface area contributed by atoms with Crippen molar-refractivity contribution in [2.45, 2.75) is 13.3 Å². The molecule has 0 amide bonds. The first kappa shape index (κ1) is 9.67. The summed E-state index contributed by atoms with van der Waals surface area (Å²) in [5.74, 6) is 0. The predicted molar refractivity (Wildman–Crippen MR) is 52.3 cm³/mol. The fourth-order valence-electron chi connectivity index (χ4n) is 0.843. The van der Waals surface area contributed by atoms with Gasteiger partial charge in [0.25, 0.3) is 0 Å². The van der Waals surface area contributed by atoms with Gasteiger partial charge >= 0.3 is 0 Å². The molecule has 0 aromatic carbocycles. The molecule has 0 unspecified atom stereocenters. The Morgan fingerprint density at radius 3 is 2.83 bits per heavy atom. The first-order valence-electron chi connectivity index (χ1n) is 3.46. The third-order valence-electron chi connectivity index (χ3n) is 1.45. The quantitative estimate of drug-likeness (QED) is 0.611. The van der Waals surface area contributed by atoms with E-state index in [0.717, 1.165) is 9.35 Å². The molecule has 0 fully saturated rings. The standard InChI is InChI=1S/C7H8BrNO2S/c1-5-7(8)4-6(12-5)2-3-9(10)11/h4H,2-3H2,1H3. The summed E-state index contributed by atoms with van der Waals surface area (Å²) in [6, 6.07) is 1.95. The van der Waals surface area contributed by atoms with E-state index in [4.69, 9.17) is 0 Å². The van der Waals surface area contributed by atoms with Crippen molar-refractivity contribution in [3.63, 3.8) is 0 Å². The zero-order chi connectivity index (χ0) is 9.14. The minimum Gasteiger partial charge on any atom is -0.265 e. The summed E-state index contributed by atoms with van der Waals surface area (Å²) in [5.41, 5.74) is 0. The number of rotatable bonds is 3. The highest BCUT2D eigenvalue weighted by Crippen LogP contribution is 2.26. The Kier molecular flexibility index (Phi) is 3.22. The predicted octanol–water partition coefficient (Wildman–Crippen LogP) is 2.64. The van der Waals surface area contributed by atoms with Crippen molar-refractivity contribution in [3.8, 4) is 0 Å². The maximum atomic E-state index is 10.1. The summed E-state index contributed by atoms with van der Waals surface area (Å²) < 4.78 is 1.05. The van der Waals surface area contributed by atoms with Gasteiger partial charge in [-0.3, -0.25) is 10.1 Å². The van der Waals surface area contributed by atoms with Crippen molar-refractivity contribution < 1.29 is 4.92 Å². The summed E-state index contributed by atoms with van der Waals surface area (Å²) in [5, 5.41) is 10.1. The largest absolute Gasteiger partial charge is 0.265 e. The van der Waals surface area contributed by atoms with Crippen LogP contribution in [-0.4, -0.2) is 11.5 Å². The first-order valence-corrected chi connectivity index (χ1v) is 5.07. The van der Waals surface area contributed by atoms with Gasteiger partial charge in [0.05, 0.1) is 0 Å². The van der Waals surface area contributed by atoms with Crippen LogP contribution >= 0.6 is 27.3 Å². The fourth-order valence-corrected chi connectivity index (χ4v) is 2.43. The summed E-state index contributed by atoms with van der Waals surface area (Å²) in [6.45, 7) is 2.01. The van der Waals surface area contributed by atoms with Gasteiger partial charge in [0, 0.05) is 25.6 Å². The number of aryl methyl sites for hydroxylation is 1. The molecule has 0 saturated heterocycles. The fraction of sp³-hybridized carbons (Fsp3) is 0.429. The Labute approximate surface area is 82.7 Å². The van der Waals surface area contributed by atoms with Gasteiger partial charge in [-0.15, -0.1) is 11.3 Å². The van der Waals surface area contributed by atoms with Gasteiger partial charge in [-0.25, -0.2) is 0 Å². The zero-order valence-electron chi connectivity index (χ0n) is 6.54. The summed E-state index contributed by atoms with van der Waals surface area (Å²) >= 11 is 4.97. The van der Waals surface area contributed by atoms with Crippen molar-refractivity contribution in [1.82, 2.24) is 0 Å². The zero-order valence-corrected chi connectivity index (χ0v) is 8.94. The normalized spacial score (nSPS) is 10.2. The van der Waals surface area contributed by atoms with Crippen molar-refractivity contribution >= 4 is 27.3 Å². The first-order chi connectivity index (χ1) is 5.59. The summed E-state index contributed by atoms with van der Waals surface area (Å²) in [6.07, 6.45) is 0.532. The molecule has 12 heavy (non-hydrogen) atoms. The van der Waals surface area contributed by atoms with Gasteiger partial charge in [-0.2, -0.15) is 0 Å². The average molecular weight is 250 g/mol. The van der Waals surface area contributed by atoms with Crippen LogP contribution in [0.25, 0.3) is 0 Å². The highest BCUT2D eigenvalue weighted by molar-refractivity contribution is 9.10. The minimum absolute atomic E-state index is 0.0202. The maximum Gasteiger partial charge on any atom is 0.208 e. The van der Waals surface area contributed by atoms with Gasteiger partial charge in [0.2, 0.25) is 6.54 Å². The molecule has 0 aliphatic carbocycles. The molecule has 1 heterocycles. The number of halogens is 1. The lowest BCUT2D eigenvalue weighted by Crippen LogP contribution is -2.02. The van der Waals surface area contributed by atoms with E-state index in [1.807, 2.05) is 13.0 Å². The number of nitro groups is 1. The monoisotopic (exact) mass is 249 g/mol. The van der Waals surface area contributed by atoms with Crippen LogP contribution in [-0.2, 0) is 6.42 Å². The van der Waals surface area contributed by atoms with E-state index in [-0.39, 0.29) is 11.5 Å². The number of thiophene rings is 1. The van der Waals surface area contributed by atoms with Crippen molar-refractivity contribution in [3.05, 3.63) is 30.4 Å². The van der Waals surface area contributed by atoms with Gasteiger partial charge in [-0.05, 0) is 28.9 Å². The second kappa shape index (κ2) is 4.00. The van der Waals surface area contributed by atoms with Crippen LogP contribution in [0.3, 0.4) is 0 Å². The van der Waals surface area contributed by atoms with E-state index in [2.05, 4.69) is 15.9 Å². The van der Waals surface area contributed by atoms with E-state index < -0.39 is 0 Å². The molecule has 0 atom stereocenters. The average Bonchev–Trinajstić information content (AvgIpc) is 2.28. The molecule has 0 aliphatic heterocycles. The molecule has 0 saturated carbocycles. The second-order valence-electron chi connectivity index (χ2n) is 2.42. The van der Waals surface area contributed by atoms with Gasteiger partial charge in [0.1, 0.15) is 0 Å². The Bertz CT molecular complexity index is 278. The van der Waals surface area contributed by atoms with Crippen molar-refractivity contribution in [2.75, 3.05) is 6.54 Å². The van der Waals surface area contributed by atoms with E-state index in [0.29, 0.717) is 6.42 Å². The maximum absolute atomic E-state index is 10.1. The van der Waals surface area contributed by atoms with Crippen molar-refractivity contribution in [1.29, 1.82) is 0 Å². The van der Waals surface area contributed by atoms with Crippen LogP contribution in [0.15, 0.2) is 10.5 Å². The third-order valence-corrected chi connectivity index (χ3v) is 3.65. The smallest absolute Gasteiger partial charge is 0.208 e. The molecule has 66 valence electrons. The molecule has 0 radical (unpaired) electrons. The Balaban J connectivity index is 2.58. The third kappa shape index (κ3) is 2.57. The Hall–Kier alpha value is -0.420. The minimum atomic E-state index is -0.289. The molecular weight excluding hydrogens is 242 g/mol. The SMILES string of the molecule is Cc1sc(CC[N+](=O)[O-])cc1Br.